The zero-order valence-corrected chi connectivity index (χ0v) is 16.1. The fraction of sp³-hybridized carbons (Fsp3) is 0.444. The minimum atomic E-state index is 0.365. The van der Waals surface area contributed by atoms with Crippen LogP contribution in [0.2, 0.25) is 0 Å². The molecule has 0 aliphatic carbocycles. The van der Waals surface area contributed by atoms with E-state index in [4.69, 9.17) is 4.98 Å². The van der Waals surface area contributed by atoms with E-state index < -0.39 is 0 Å². The van der Waals surface area contributed by atoms with Gasteiger partial charge in [0.05, 0.1) is 24.1 Å². The molecule has 3 aromatic heterocycles. The lowest BCUT2D eigenvalue weighted by molar-refractivity contribution is 0.198. The number of hydrogen-bond acceptors (Lipinski definition) is 7. The predicted octanol–water partition coefficient (Wildman–Crippen LogP) is 2.62. The molecule has 0 spiro atoms. The Morgan fingerprint density at radius 3 is 2.50 bits per heavy atom. The largest absolute Gasteiger partial charge is 0.353 e. The Bertz CT molecular complexity index is 866. The van der Waals surface area contributed by atoms with Crippen LogP contribution in [-0.2, 0) is 0 Å². The molecule has 0 amide bonds. The number of piperazine rings is 1. The summed E-state index contributed by atoms with van der Waals surface area (Å²) < 4.78 is 1.85. The Kier molecular flexibility index (Phi) is 4.69. The molecule has 8 heteroatoms. The fourth-order valence-electron chi connectivity index (χ4n) is 3.40. The van der Waals surface area contributed by atoms with Gasteiger partial charge in [0, 0.05) is 43.4 Å². The van der Waals surface area contributed by atoms with E-state index in [1.807, 2.05) is 42.4 Å². The molecule has 0 aromatic carbocycles. The molecule has 4 heterocycles. The van der Waals surface area contributed by atoms with Crippen molar-refractivity contribution in [3.8, 4) is 5.82 Å². The highest BCUT2D eigenvalue weighted by atomic mass is 32.1. The normalized spacial score (nSPS) is 16.8. The average molecular weight is 369 g/mol. The van der Waals surface area contributed by atoms with Crippen molar-refractivity contribution in [2.45, 2.75) is 26.8 Å². The maximum absolute atomic E-state index is 4.80. The van der Waals surface area contributed by atoms with Crippen LogP contribution >= 0.6 is 11.3 Å². The summed E-state index contributed by atoms with van der Waals surface area (Å²) in [5.74, 6) is 1.68. The quantitative estimate of drug-likeness (QED) is 0.704. The second-order valence-corrected chi connectivity index (χ2v) is 7.57. The number of thiazole rings is 1. The molecule has 0 N–H and O–H groups in total. The summed E-state index contributed by atoms with van der Waals surface area (Å²) in [5.41, 5.74) is 2.05. The lowest BCUT2D eigenvalue weighted by atomic mass is 10.2. The Hall–Kier alpha value is -2.32. The van der Waals surface area contributed by atoms with Crippen LogP contribution in [0.4, 0.5) is 5.82 Å². The van der Waals surface area contributed by atoms with Gasteiger partial charge in [0.2, 0.25) is 0 Å². The van der Waals surface area contributed by atoms with Crippen LogP contribution in [0.3, 0.4) is 0 Å². The third-order valence-corrected chi connectivity index (χ3v) is 5.78. The van der Waals surface area contributed by atoms with E-state index >= 15 is 0 Å². The van der Waals surface area contributed by atoms with Crippen molar-refractivity contribution in [1.29, 1.82) is 0 Å². The second kappa shape index (κ2) is 7.13. The Morgan fingerprint density at radius 1 is 1.08 bits per heavy atom. The number of anilines is 1. The molecule has 0 radical (unpaired) electrons. The summed E-state index contributed by atoms with van der Waals surface area (Å²) in [6, 6.07) is 2.41. The zero-order chi connectivity index (χ0) is 18.1. The van der Waals surface area contributed by atoms with Gasteiger partial charge in [-0.2, -0.15) is 5.10 Å². The van der Waals surface area contributed by atoms with Crippen molar-refractivity contribution in [3.05, 3.63) is 46.4 Å². The van der Waals surface area contributed by atoms with E-state index in [1.54, 1.807) is 17.5 Å². The molecular formula is C18H23N7S. The standard InChI is InChI=1S/C18H23N7S/c1-13-10-14(2)25(22-13)17-12-19-11-16(21-17)24-7-5-23(6-8-24)15(3)18-20-4-9-26-18/h4,9-12,15H,5-8H2,1-3H3. The number of rotatable bonds is 4. The summed E-state index contributed by atoms with van der Waals surface area (Å²) in [4.78, 5) is 18.4. The van der Waals surface area contributed by atoms with E-state index in [0.29, 0.717) is 6.04 Å². The van der Waals surface area contributed by atoms with Gasteiger partial charge in [0.1, 0.15) is 10.8 Å². The van der Waals surface area contributed by atoms with Gasteiger partial charge >= 0.3 is 0 Å². The molecule has 1 aliphatic heterocycles. The minimum absolute atomic E-state index is 0.365. The molecule has 1 fully saturated rings. The van der Waals surface area contributed by atoms with Gasteiger partial charge in [-0.05, 0) is 26.8 Å². The SMILES string of the molecule is Cc1cc(C)n(-c2cncc(N3CCN(C(C)c4nccs4)CC3)n2)n1. The Morgan fingerprint density at radius 2 is 1.85 bits per heavy atom. The van der Waals surface area contributed by atoms with Crippen molar-refractivity contribution in [1.82, 2.24) is 29.6 Å². The second-order valence-electron chi connectivity index (χ2n) is 6.64. The predicted molar refractivity (Wildman–Crippen MR) is 103 cm³/mol. The highest BCUT2D eigenvalue weighted by molar-refractivity contribution is 7.09. The average Bonchev–Trinajstić information content (AvgIpc) is 3.31. The molecule has 1 saturated heterocycles. The van der Waals surface area contributed by atoms with Crippen LogP contribution in [0, 0.1) is 13.8 Å². The third kappa shape index (κ3) is 3.34. The van der Waals surface area contributed by atoms with Crippen molar-refractivity contribution in [2.75, 3.05) is 31.1 Å². The van der Waals surface area contributed by atoms with Crippen LogP contribution in [0.5, 0.6) is 0 Å². The molecule has 136 valence electrons. The first-order chi connectivity index (χ1) is 12.6. The zero-order valence-electron chi connectivity index (χ0n) is 15.3. The van der Waals surface area contributed by atoms with E-state index in [-0.39, 0.29) is 0 Å². The molecule has 1 atom stereocenters. The van der Waals surface area contributed by atoms with Gasteiger partial charge in [-0.3, -0.25) is 9.88 Å². The molecule has 3 aromatic rings. The van der Waals surface area contributed by atoms with Gasteiger partial charge < -0.3 is 4.90 Å². The lowest BCUT2D eigenvalue weighted by Gasteiger charge is -2.37. The van der Waals surface area contributed by atoms with Crippen LogP contribution in [0.1, 0.15) is 29.4 Å². The van der Waals surface area contributed by atoms with Gasteiger partial charge in [-0.1, -0.05) is 0 Å². The van der Waals surface area contributed by atoms with Crippen LogP contribution < -0.4 is 4.90 Å². The molecule has 0 saturated carbocycles. The topological polar surface area (TPSA) is 63.0 Å². The van der Waals surface area contributed by atoms with Crippen LogP contribution in [-0.4, -0.2) is 55.8 Å². The van der Waals surface area contributed by atoms with Gasteiger partial charge in [0.25, 0.3) is 0 Å². The lowest BCUT2D eigenvalue weighted by Crippen LogP contribution is -2.47. The molecular weight excluding hydrogens is 346 g/mol. The van der Waals surface area contributed by atoms with Crippen molar-refractivity contribution < 1.29 is 0 Å². The number of aryl methyl sites for hydroxylation is 2. The number of aromatic nitrogens is 5. The molecule has 1 unspecified atom stereocenters. The molecule has 0 bridgehead atoms. The molecule has 1 aliphatic rings. The van der Waals surface area contributed by atoms with E-state index in [9.17, 15) is 0 Å². The molecule has 26 heavy (non-hydrogen) atoms. The minimum Gasteiger partial charge on any atom is -0.353 e. The highest BCUT2D eigenvalue weighted by Crippen LogP contribution is 2.24. The van der Waals surface area contributed by atoms with Crippen molar-refractivity contribution >= 4 is 17.2 Å². The first-order valence-corrected chi connectivity index (χ1v) is 9.74. The molecule has 7 nitrogen and oxygen atoms in total. The van der Waals surface area contributed by atoms with Gasteiger partial charge in [-0.15, -0.1) is 11.3 Å². The first kappa shape index (κ1) is 17.1. The Labute approximate surface area is 157 Å². The van der Waals surface area contributed by atoms with Crippen molar-refractivity contribution in [2.24, 2.45) is 0 Å². The first-order valence-electron chi connectivity index (χ1n) is 8.86. The smallest absolute Gasteiger partial charge is 0.174 e. The third-order valence-electron chi connectivity index (χ3n) is 4.83. The number of nitrogens with zero attached hydrogens (tertiary/aromatic N) is 7. The summed E-state index contributed by atoms with van der Waals surface area (Å²) in [6.45, 7) is 10.1. The maximum Gasteiger partial charge on any atom is 0.174 e. The van der Waals surface area contributed by atoms with Crippen molar-refractivity contribution in [3.63, 3.8) is 0 Å². The maximum atomic E-state index is 4.80. The van der Waals surface area contributed by atoms with Crippen LogP contribution in [0.25, 0.3) is 5.82 Å². The van der Waals surface area contributed by atoms with Gasteiger partial charge in [-0.25, -0.2) is 14.6 Å². The Balaban J connectivity index is 1.46. The van der Waals surface area contributed by atoms with E-state index in [2.05, 4.69) is 31.8 Å². The summed E-state index contributed by atoms with van der Waals surface area (Å²) in [7, 11) is 0. The molecule has 4 rings (SSSR count). The summed E-state index contributed by atoms with van der Waals surface area (Å²) in [6.07, 6.45) is 5.49. The van der Waals surface area contributed by atoms with E-state index in [1.165, 1.54) is 5.01 Å². The van der Waals surface area contributed by atoms with Crippen LogP contribution in [0.15, 0.2) is 30.0 Å². The fourth-order valence-corrected chi connectivity index (χ4v) is 4.13. The summed E-state index contributed by atoms with van der Waals surface area (Å²) >= 11 is 1.73. The monoisotopic (exact) mass is 369 g/mol. The number of hydrogen-bond donors (Lipinski definition) is 0. The van der Waals surface area contributed by atoms with E-state index in [0.717, 1.165) is 49.2 Å². The van der Waals surface area contributed by atoms with Gasteiger partial charge in [0.15, 0.2) is 5.82 Å². The summed E-state index contributed by atoms with van der Waals surface area (Å²) in [5, 5.41) is 7.74. The highest BCUT2D eigenvalue weighted by Gasteiger charge is 2.24.